The molecular weight excluding hydrogens is 586 g/mol. The number of carbonyl (C=O) groups excluding carboxylic acids is 1. The second kappa shape index (κ2) is 34.9. The van der Waals surface area contributed by atoms with E-state index in [-0.39, 0.29) is 6.42 Å². The topological polar surface area (TPSA) is 110 Å². The second-order valence-corrected chi connectivity index (χ2v) is 14.8. The van der Waals surface area contributed by atoms with E-state index in [2.05, 4.69) is 26.1 Å². The van der Waals surface area contributed by atoms with E-state index in [0.29, 0.717) is 6.42 Å². The summed E-state index contributed by atoms with van der Waals surface area (Å²) in [6.07, 6.45) is 35.4. The van der Waals surface area contributed by atoms with Crippen LogP contribution in [-0.4, -0.2) is 57.3 Å². The fourth-order valence-corrected chi connectivity index (χ4v) is 6.36. The lowest BCUT2D eigenvalue weighted by atomic mass is 9.99. The number of aliphatic hydroxyl groups excluding tert-OH is 4. The highest BCUT2D eigenvalue weighted by atomic mass is 16.3. The van der Waals surface area contributed by atoms with E-state index in [1.54, 1.807) is 0 Å². The van der Waals surface area contributed by atoms with Crippen molar-refractivity contribution < 1.29 is 25.2 Å². The number of unbranched alkanes of at least 4 members (excludes halogenated alkanes) is 24. The van der Waals surface area contributed by atoms with E-state index in [4.69, 9.17) is 0 Å². The van der Waals surface area contributed by atoms with E-state index in [1.807, 2.05) is 12.2 Å². The molecule has 0 aliphatic carbocycles. The summed E-state index contributed by atoms with van der Waals surface area (Å²) in [5.41, 5.74) is 0. The average molecular weight is 668 g/mol. The summed E-state index contributed by atoms with van der Waals surface area (Å²) >= 11 is 0. The predicted molar refractivity (Wildman–Crippen MR) is 201 cm³/mol. The summed E-state index contributed by atoms with van der Waals surface area (Å²) < 4.78 is 0. The van der Waals surface area contributed by atoms with Crippen LogP contribution in [0.3, 0.4) is 0 Å². The normalized spacial score (nSPS) is 14.6. The molecule has 0 rings (SSSR count). The van der Waals surface area contributed by atoms with E-state index < -0.39 is 36.9 Å². The van der Waals surface area contributed by atoms with Crippen molar-refractivity contribution in [3.63, 3.8) is 0 Å². The van der Waals surface area contributed by atoms with Gasteiger partial charge in [0.1, 0.15) is 12.2 Å². The van der Waals surface area contributed by atoms with Crippen LogP contribution < -0.4 is 5.32 Å². The molecule has 0 spiro atoms. The van der Waals surface area contributed by atoms with Crippen LogP contribution in [0.25, 0.3) is 0 Å². The molecule has 5 N–H and O–H groups in total. The summed E-state index contributed by atoms with van der Waals surface area (Å²) in [4.78, 5) is 12.4. The standard InChI is InChI=1S/C41H81NO5/c1-4-5-6-7-8-9-10-11-12-13-14-15-16-17-22-25-28-31-34-39(45)41(47)42-37(35-43)40(46)38(44)33-30-27-24-21-19-18-20-23-26-29-32-36(2)3/h28,31,36-40,43-46H,4-27,29-30,32-35H2,1-3H3,(H,42,47)/b31-28+/t37-,38+,39+,40?/m0/s1. The smallest absolute Gasteiger partial charge is 0.249 e. The van der Waals surface area contributed by atoms with Gasteiger partial charge in [-0.1, -0.05) is 193 Å². The number of nitrogens with one attached hydrogen (secondary N) is 1. The number of hydrogen-bond acceptors (Lipinski definition) is 5. The number of hydrogen-bond donors (Lipinski definition) is 5. The Balaban J connectivity index is 3.80. The summed E-state index contributed by atoms with van der Waals surface area (Å²) in [6.45, 7) is 6.35. The number of amides is 1. The van der Waals surface area contributed by atoms with Gasteiger partial charge in [0, 0.05) is 6.42 Å². The molecule has 4 atom stereocenters. The maximum Gasteiger partial charge on any atom is 0.249 e. The van der Waals surface area contributed by atoms with Gasteiger partial charge in [0.25, 0.3) is 0 Å². The van der Waals surface area contributed by atoms with Gasteiger partial charge in [-0.2, -0.15) is 0 Å². The monoisotopic (exact) mass is 668 g/mol. The molecular formula is C41H81NO5. The molecule has 0 aliphatic rings. The van der Waals surface area contributed by atoms with Crippen molar-refractivity contribution in [2.45, 2.75) is 231 Å². The van der Waals surface area contributed by atoms with Crippen LogP contribution >= 0.6 is 0 Å². The minimum atomic E-state index is -1.27. The quantitative estimate of drug-likeness (QED) is 0.0337. The molecule has 0 fully saturated rings. The maximum atomic E-state index is 12.4. The van der Waals surface area contributed by atoms with Gasteiger partial charge in [0.2, 0.25) is 5.91 Å². The molecule has 0 saturated carbocycles. The van der Waals surface area contributed by atoms with Gasteiger partial charge in [0.15, 0.2) is 0 Å². The number of aliphatic hydroxyl groups is 4. The zero-order chi connectivity index (χ0) is 34.8. The van der Waals surface area contributed by atoms with Crippen LogP contribution in [0.5, 0.6) is 0 Å². The van der Waals surface area contributed by atoms with Crippen molar-refractivity contribution in [3.05, 3.63) is 12.2 Å². The first-order valence-corrected chi connectivity index (χ1v) is 20.4. The lowest BCUT2D eigenvalue weighted by Crippen LogP contribution is -2.53. The Morgan fingerprint density at radius 1 is 0.574 bits per heavy atom. The Labute approximate surface area is 292 Å². The Bertz CT molecular complexity index is 685. The summed E-state index contributed by atoms with van der Waals surface area (Å²) in [5, 5.41) is 43.5. The molecule has 47 heavy (non-hydrogen) atoms. The first-order valence-electron chi connectivity index (χ1n) is 20.4. The third-order valence-corrected chi connectivity index (χ3v) is 9.67. The lowest BCUT2D eigenvalue weighted by molar-refractivity contribution is -0.132. The molecule has 0 aromatic carbocycles. The van der Waals surface area contributed by atoms with Crippen LogP contribution in [0.2, 0.25) is 0 Å². The van der Waals surface area contributed by atoms with E-state index in [9.17, 15) is 25.2 Å². The van der Waals surface area contributed by atoms with Gasteiger partial charge in [-0.3, -0.25) is 4.79 Å². The largest absolute Gasteiger partial charge is 0.394 e. The fourth-order valence-electron chi connectivity index (χ4n) is 6.36. The minimum absolute atomic E-state index is 0.194. The predicted octanol–water partition coefficient (Wildman–Crippen LogP) is 10.1. The fraction of sp³-hybridized carbons (Fsp3) is 0.927. The summed E-state index contributed by atoms with van der Waals surface area (Å²) in [6, 6.07) is -1.00. The van der Waals surface area contributed by atoms with Crippen molar-refractivity contribution in [2.75, 3.05) is 6.61 Å². The molecule has 0 radical (unpaired) electrons. The Morgan fingerprint density at radius 3 is 1.40 bits per heavy atom. The maximum absolute atomic E-state index is 12.4. The molecule has 6 heteroatoms. The number of carbonyl (C=O) groups is 1. The zero-order valence-corrected chi connectivity index (χ0v) is 31.5. The third kappa shape index (κ3) is 30.8. The Kier molecular flexibility index (Phi) is 34.2. The van der Waals surface area contributed by atoms with Crippen LogP contribution in [0.1, 0.15) is 207 Å². The molecule has 0 aromatic rings. The molecule has 0 aliphatic heterocycles. The van der Waals surface area contributed by atoms with Crippen LogP contribution in [0.15, 0.2) is 12.2 Å². The highest BCUT2D eigenvalue weighted by Crippen LogP contribution is 2.16. The summed E-state index contributed by atoms with van der Waals surface area (Å²) in [5.74, 6) is 0.179. The van der Waals surface area contributed by atoms with Crippen molar-refractivity contribution in [2.24, 2.45) is 5.92 Å². The SMILES string of the molecule is CCCCCCCCCCCCCCCCC/C=C/C[C@@H](O)C(=O)N[C@@H](CO)C(O)[C@H](O)CCCCCCCCCCCCC(C)C. The molecule has 0 saturated heterocycles. The van der Waals surface area contributed by atoms with Crippen molar-refractivity contribution in [1.82, 2.24) is 5.32 Å². The lowest BCUT2D eigenvalue weighted by Gasteiger charge is -2.27. The Morgan fingerprint density at radius 2 is 0.979 bits per heavy atom. The minimum Gasteiger partial charge on any atom is -0.394 e. The van der Waals surface area contributed by atoms with Gasteiger partial charge in [-0.25, -0.2) is 0 Å². The van der Waals surface area contributed by atoms with E-state index in [1.165, 1.54) is 141 Å². The summed E-state index contributed by atoms with van der Waals surface area (Å²) in [7, 11) is 0. The number of allylic oxidation sites excluding steroid dienone is 1. The molecule has 1 unspecified atom stereocenters. The van der Waals surface area contributed by atoms with Gasteiger partial charge in [0.05, 0.1) is 18.8 Å². The van der Waals surface area contributed by atoms with Crippen molar-refractivity contribution >= 4 is 5.91 Å². The molecule has 0 bridgehead atoms. The van der Waals surface area contributed by atoms with Crippen molar-refractivity contribution in [1.29, 1.82) is 0 Å². The zero-order valence-electron chi connectivity index (χ0n) is 31.5. The second-order valence-electron chi connectivity index (χ2n) is 14.8. The van der Waals surface area contributed by atoms with Crippen LogP contribution in [0, 0.1) is 5.92 Å². The Hall–Kier alpha value is -0.950. The van der Waals surface area contributed by atoms with E-state index >= 15 is 0 Å². The highest BCUT2D eigenvalue weighted by Gasteiger charge is 2.28. The van der Waals surface area contributed by atoms with Crippen LogP contribution in [0.4, 0.5) is 0 Å². The first kappa shape index (κ1) is 46.0. The molecule has 1 amide bonds. The average Bonchev–Trinajstić information content (AvgIpc) is 3.06. The van der Waals surface area contributed by atoms with Gasteiger partial charge < -0.3 is 25.7 Å². The molecule has 6 nitrogen and oxygen atoms in total. The molecule has 0 aromatic heterocycles. The third-order valence-electron chi connectivity index (χ3n) is 9.67. The number of rotatable bonds is 36. The highest BCUT2D eigenvalue weighted by molar-refractivity contribution is 5.81. The van der Waals surface area contributed by atoms with E-state index in [0.717, 1.165) is 38.0 Å². The van der Waals surface area contributed by atoms with Gasteiger partial charge in [-0.15, -0.1) is 0 Å². The first-order chi connectivity index (χ1) is 22.8. The molecule has 0 heterocycles. The van der Waals surface area contributed by atoms with Crippen molar-refractivity contribution in [3.8, 4) is 0 Å². The van der Waals surface area contributed by atoms with Gasteiger partial charge in [-0.05, 0) is 25.2 Å². The van der Waals surface area contributed by atoms with Crippen LogP contribution in [-0.2, 0) is 4.79 Å². The molecule has 280 valence electrons. The van der Waals surface area contributed by atoms with Gasteiger partial charge >= 0.3 is 0 Å².